The van der Waals surface area contributed by atoms with Crippen molar-refractivity contribution in [2.45, 2.75) is 38.8 Å². The SMILES string of the molecule is CN=C(N)C1CCCN(Cc2ccccc2F)C1.CNc1c(/C=C\C=O)cccc1NC(=O)/N=C(\N)C1CCCN(Cc2ccc(Cl)cc2F)C1.O=CNc1cccc2ccc(=O)[nH]c12. The first-order chi connectivity index (χ1) is 31.4. The van der Waals surface area contributed by atoms with Gasteiger partial charge < -0.3 is 32.4 Å². The fraction of sp³-hybridized carbons (Fsp3) is 0.292. The van der Waals surface area contributed by atoms with Crippen LogP contribution in [0.1, 0.15) is 42.4 Å². The van der Waals surface area contributed by atoms with Gasteiger partial charge in [-0.2, -0.15) is 4.99 Å². The number of anilines is 3. The molecular weight excluding hydrogens is 854 g/mol. The van der Waals surface area contributed by atoms with Gasteiger partial charge in [0.15, 0.2) is 0 Å². The third-order valence-electron chi connectivity index (χ3n) is 11.0. The van der Waals surface area contributed by atoms with Crippen LogP contribution in [0.3, 0.4) is 0 Å². The molecule has 0 aliphatic carbocycles. The van der Waals surface area contributed by atoms with Gasteiger partial charge in [-0.25, -0.2) is 13.6 Å². The van der Waals surface area contributed by atoms with Crippen LogP contribution in [0, 0.1) is 23.5 Å². The maximum Gasteiger partial charge on any atom is 0.347 e. The summed E-state index contributed by atoms with van der Waals surface area (Å²) < 4.78 is 27.8. The number of para-hydroxylation sites is 2. The van der Waals surface area contributed by atoms with Crippen LogP contribution in [0.25, 0.3) is 17.0 Å². The summed E-state index contributed by atoms with van der Waals surface area (Å²) in [6.45, 7) is 4.36. The summed E-state index contributed by atoms with van der Waals surface area (Å²) in [6, 6.07) is 24.9. The number of urea groups is 1. The van der Waals surface area contributed by atoms with E-state index in [0.717, 1.165) is 61.8 Å². The Morgan fingerprint density at radius 2 is 1.51 bits per heavy atom. The monoisotopic (exact) mass is 908 g/mol. The molecule has 8 N–H and O–H groups in total. The molecule has 3 heterocycles. The van der Waals surface area contributed by atoms with Gasteiger partial charge in [-0.1, -0.05) is 60.1 Å². The number of allylic oxidation sites excluding steroid dienone is 1. The summed E-state index contributed by atoms with van der Waals surface area (Å²) in [7, 11) is 3.45. The smallest absolute Gasteiger partial charge is 0.347 e. The lowest BCUT2D eigenvalue weighted by atomic mass is 9.96. The van der Waals surface area contributed by atoms with Gasteiger partial charge in [0.05, 0.1) is 28.4 Å². The van der Waals surface area contributed by atoms with E-state index in [-0.39, 0.29) is 28.9 Å². The topological polar surface area (TPSA) is 203 Å². The third kappa shape index (κ3) is 14.6. The molecule has 2 aliphatic rings. The van der Waals surface area contributed by atoms with E-state index in [9.17, 15) is 28.0 Å². The Balaban J connectivity index is 0.000000206. The number of nitrogens with zero attached hydrogens (tertiary/aromatic N) is 4. The largest absolute Gasteiger partial charge is 0.387 e. The number of rotatable bonds is 12. The minimum atomic E-state index is -0.582. The molecule has 2 atom stereocenters. The van der Waals surface area contributed by atoms with Gasteiger partial charge in [0.25, 0.3) is 0 Å². The molecule has 2 unspecified atom stereocenters. The minimum absolute atomic E-state index is 0.106. The highest BCUT2D eigenvalue weighted by Crippen LogP contribution is 2.28. The van der Waals surface area contributed by atoms with Crippen LogP contribution in [0.15, 0.2) is 112 Å². The number of fused-ring (bicyclic) bond motifs is 1. The van der Waals surface area contributed by atoms with Crippen LogP contribution in [0.5, 0.6) is 0 Å². The lowest BCUT2D eigenvalue weighted by Crippen LogP contribution is -2.41. The number of piperidine rings is 2. The van der Waals surface area contributed by atoms with E-state index < -0.39 is 6.03 Å². The lowest BCUT2D eigenvalue weighted by molar-refractivity contribution is -0.105. The number of aliphatic imine (C=N–C) groups is 2. The molecule has 0 saturated carbocycles. The number of benzene rings is 4. The van der Waals surface area contributed by atoms with Gasteiger partial charge in [-0.3, -0.25) is 29.2 Å². The van der Waals surface area contributed by atoms with Crippen LogP contribution in [0.2, 0.25) is 5.02 Å². The van der Waals surface area contributed by atoms with Crippen molar-refractivity contribution in [3.05, 3.63) is 141 Å². The van der Waals surface area contributed by atoms with Crippen molar-refractivity contribution in [2.75, 3.05) is 56.2 Å². The molecule has 0 spiro atoms. The number of amidine groups is 2. The first-order valence-corrected chi connectivity index (χ1v) is 21.5. The maximum atomic E-state index is 14.2. The molecule has 2 saturated heterocycles. The lowest BCUT2D eigenvalue weighted by Gasteiger charge is -2.32. The standard InChI is InChI=1S/C24H27ClFN5O2.C14H20FN3.C10H8N2O2/c1-28-22-16(7-4-12-32)5-2-8-21(22)29-24(33)30-23(27)18-6-3-11-31(15-18)14-17-9-10-19(25)13-20(17)26;1-17-14(16)12-6-4-8-18(10-12)9-11-5-2-3-7-13(11)15;13-6-11-8-3-1-2-7-4-5-9(14)12-10(7)8/h2,4-5,7-10,12-13,18,28H,3,6,11,14-15H2,1H3,(H3,27,29,30,33);2-3,5,7,12H,4,6,8-10H2,1H3,(H2,16,17);1-6H,(H,11,13)(H,12,14)/b7-4-;;. The van der Waals surface area contributed by atoms with Crippen molar-refractivity contribution in [1.82, 2.24) is 14.8 Å². The highest BCUT2D eigenvalue weighted by atomic mass is 35.5. The summed E-state index contributed by atoms with van der Waals surface area (Å²) in [5, 5.41) is 9.55. The van der Waals surface area contributed by atoms with Gasteiger partial charge in [0.2, 0.25) is 12.0 Å². The summed E-state index contributed by atoms with van der Waals surface area (Å²) in [6.07, 6.45) is 8.13. The van der Waals surface area contributed by atoms with E-state index in [2.05, 4.69) is 40.7 Å². The highest BCUT2D eigenvalue weighted by molar-refractivity contribution is 6.30. The van der Waals surface area contributed by atoms with Crippen molar-refractivity contribution >= 4 is 76.0 Å². The van der Waals surface area contributed by atoms with Crippen molar-refractivity contribution in [3.63, 3.8) is 0 Å². The number of nitrogens with one attached hydrogen (secondary N) is 4. The fourth-order valence-corrected chi connectivity index (χ4v) is 7.93. The average molecular weight is 909 g/mol. The van der Waals surface area contributed by atoms with Crippen LogP contribution >= 0.6 is 11.6 Å². The van der Waals surface area contributed by atoms with Crippen LogP contribution in [0.4, 0.5) is 30.6 Å². The van der Waals surface area contributed by atoms with Gasteiger partial charge in [-0.15, -0.1) is 0 Å². The number of halogens is 3. The number of aldehydes is 1. The predicted octanol–water partition coefficient (Wildman–Crippen LogP) is 7.66. The average Bonchev–Trinajstić information content (AvgIpc) is 3.30. The van der Waals surface area contributed by atoms with E-state index in [1.54, 1.807) is 62.6 Å². The van der Waals surface area contributed by atoms with Crippen LogP contribution in [-0.4, -0.2) is 85.5 Å². The quantitative estimate of drug-likeness (QED) is 0.0315. The molecular formula is C48H55ClF2N10O4. The molecule has 14 nitrogen and oxygen atoms in total. The molecule has 1 aromatic heterocycles. The van der Waals surface area contributed by atoms with Crippen LogP contribution in [-0.2, 0) is 22.7 Å². The van der Waals surface area contributed by atoms with Crippen molar-refractivity contribution in [1.29, 1.82) is 0 Å². The maximum absolute atomic E-state index is 14.2. The number of carbonyl (C=O) groups excluding carboxylic acids is 3. The van der Waals surface area contributed by atoms with Gasteiger partial charge in [0.1, 0.15) is 23.8 Å². The molecule has 3 amide bonds. The number of hydrogen-bond acceptors (Lipinski definition) is 8. The Morgan fingerprint density at radius 3 is 2.15 bits per heavy atom. The van der Waals surface area contributed by atoms with Crippen LogP contribution < -0.4 is 33.0 Å². The van der Waals surface area contributed by atoms with E-state index in [1.165, 1.54) is 24.3 Å². The molecule has 0 bridgehead atoms. The second-order valence-electron chi connectivity index (χ2n) is 15.5. The second-order valence-corrected chi connectivity index (χ2v) is 15.9. The third-order valence-corrected chi connectivity index (χ3v) is 11.2. The number of pyridine rings is 1. The van der Waals surface area contributed by atoms with E-state index in [4.69, 9.17) is 23.1 Å². The summed E-state index contributed by atoms with van der Waals surface area (Å²) in [5.41, 5.74) is 16.4. The Kier molecular flexibility index (Phi) is 18.9. The van der Waals surface area contributed by atoms with Crippen molar-refractivity contribution < 1.29 is 23.2 Å². The van der Waals surface area contributed by atoms with Gasteiger partial charge >= 0.3 is 6.03 Å². The first kappa shape index (κ1) is 49.3. The van der Waals surface area contributed by atoms with E-state index in [0.29, 0.717) is 77.2 Å². The molecule has 4 aromatic carbocycles. The number of carbonyl (C=O) groups is 3. The van der Waals surface area contributed by atoms with Gasteiger partial charge in [-0.05, 0) is 92.9 Å². The molecule has 7 rings (SSSR count). The number of likely N-dealkylation sites (tertiary alicyclic amines) is 2. The molecule has 0 radical (unpaired) electrons. The number of nitrogens with two attached hydrogens (primary N) is 2. The summed E-state index contributed by atoms with van der Waals surface area (Å²) in [4.78, 5) is 59.7. The number of hydrogen-bond donors (Lipinski definition) is 6. The van der Waals surface area contributed by atoms with Gasteiger partial charge in [0, 0.05) is 79.7 Å². The Bertz CT molecular complexity index is 2570. The predicted molar refractivity (Wildman–Crippen MR) is 257 cm³/mol. The first-order valence-electron chi connectivity index (χ1n) is 21.2. The fourth-order valence-electron chi connectivity index (χ4n) is 7.77. The number of amides is 3. The highest BCUT2D eigenvalue weighted by Gasteiger charge is 2.25. The Labute approximate surface area is 381 Å². The minimum Gasteiger partial charge on any atom is -0.387 e. The number of H-pyrrole nitrogens is 1. The molecule has 2 aliphatic heterocycles. The molecule has 5 aromatic rings. The number of aromatic amines is 1. The van der Waals surface area contributed by atoms with Crippen molar-refractivity contribution in [2.24, 2.45) is 33.3 Å². The summed E-state index contributed by atoms with van der Waals surface area (Å²) in [5.74, 6) is 0.707. The molecule has 342 valence electrons. The van der Waals surface area contributed by atoms with E-state index >= 15 is 0 Å². The molecule has 65 heavy (non-hydrogen) atoms. The Hall–Kier alpha value is -6.75. The number of aromatic nitrogens is 1. The normalized spacial score (nSPS) is 17.0. The van der Waals surface area contributed by atoms with E-state index in [1.807, 2.05) is 30.3 Å². The second kappa shape index (κ2) is 24.9. The summed E-state index contributed by atoms with van der Waals surface area (Å²) >= 11 is 5.84. The zero-order chi connectivity index (χ0) is 46.7. The zero-order valence-electron chi connectivity index (χ0n) is 36.4. The molecule has 17 heteroatoms. The van der Waals surface area contributed by atoms with Crippen molar-refractivity contribution in [3.8, 4) is 0 Å². The Morgan fingerprint density at radius 1 is 0.846 bits per heavy atom. The zero-order valence-corrected chi connectivity index (χ0v) is 37.2. The molecule has 2 fully saturated rings.